The highest BCUT2D eigenvalue weighted by molar-refractivity contribution is 5.96. The smallest absolute Gasteiger partial charge is 0.259 e. The minimum Gasteiger partial charge on any atom is -0.470 e. The zero-order valence-electron chi connectivity index (χ0n) is 15.0. The first-order valence-corrected chi connectivity index (χ1v) is 8.34. The third kappa shape index (κ3) is 3.57. The van der Waals surface area contributed by atoms with Gasteiger partial charge in [0.15, 0.2) is 5.82 Å². The number of aryl methyl sites for hydroxylation is 2. The van der Waals surface area contributed by atoms with Crippen LogP contribution >= 0.6 is 0 Å². The topological polar surface area (TPSA) is 84.6 Å². The predicted octanol–water partition coefficient (Wildman–Crippen LogP) is 1.83. The predicted molar refractivity (Wildman–Crippen MR) is 91.9 cm³/mol. The summed E-state index contributed by atoms with van der Waals surface area (Å²) in [5.41, 5.74) is 1.17. The third-order valence-electron chi connectivity index (χ3n) is 4.26. The van der Waals surface area contributed by atoms with E-state index in [1.807, 2.05) is 19.0 Å². The third-order valence-corrected chi connectivity index (χ3v) is 4.26. The summed E-state index contributed by atoms with van der Waals surface area (Å²) >= 11 is 0. The minimum atomic E-state index is -0.117. The molecule has 8 heteroatoms. The van der Waals surface area contributed by atoms with Gasteiger partial charge in [-0.3, -0.25) is 4.79 Å². The molecule has 134 valence electrons. The van der Waals surface area contributed by atoms with Gasteiger partial charge >= 0.3 is 0 Å². The second kappa shape index (κ2) is 7.08. The summed E-state index contributed by atoms with van der Waals surface area (Å²) in [6.45, 7) is 4.74. The van der Waals surface area contributed by atoms with Gasteiger partial charge in [0.1, 0.15) is 17.4 Å². The Morgan fingerprint density at radius 2 is 2.08 bits per heavy atom. The Balaban J connectivity index is 1.73. The number of piperidine rings is 1. The molecule has 1 aliphatic heterocycles. The number of hydrogen-bond acceptors (Lipinski definition) is 7. The Kier molecular flexibility index (Phi) is 4.87. The van der Waals surface area contributed by atoms with Crippen molar-refractivity contribution < 1.29 is 14.1 Å². The number of rotatable bonds is 4. The summed E-state index contributed by atoms with van der Waals surface area (Å²) < 4.78 is 11.2. The highest BCUT2D eigenvalue weighted by atomic mass is 16.5. The van der Waals surface area contributed by atoms with E-state index in [-0.39, 0.29) is 12.0 Å². The van der Waals surface area contributed by atoms with Gasteiger partial charge in [0, 0.05) is 33.0 Å². The van der Waals surface area contributed by atoms with Gasteiger partial charge < -0.3 is 19.1 Å². The van der Waals surface area contributed by atoms with Crippen molar-refractivity contribution in [2.24, 2.45) is 0 Å². The molecule has 1 atom stereocenters. The minimum absolute atomic E-state index is 0.0588. The maximum Gasteiger partial charge on any atom is 0.259 e. The standard InChI is InChI=1S/C17H23N5O3/c1-11-14(12(2)25-20-11)17(23)22-9-5-6-13(10-22)24-16-15(21(3)4)18-7-8-19-16/h7-8,13H,5-6,9-10H2,1-4H3/t13-/m0/s1. The summed E-state index contributed by atoms with van der Waals surface area (Å²) in [6, 6.07) is 0. The van der Waals surface area contributed by atoms with Gasteiger partial charge in [-0.2, -0.15) is 0 Å². The van der Waals surface area contributed by atoms with Crippen LogP contribution in [0.3, 0.4) is 0 Å². The van der Waals surface area contributed by atoms with Crippen LogP contribution in [0.15, 0.2) is 16.9 Å². The lowest BCUT2D eigenvalue weighted by atomic mass is 10.1. The van der Waals surface area contributed by atoms with E-state index in [4.69, 9.17) is 9.26 Å². The molecule has 1 aliphatic rings. The number of likely N-dealkylation sites (tertiary alicyclic amines) is 1. The lowest BCUT2D eigenvalue weighted by Crippen LogP contribution is -2.44. The summed E-state index contributed by atoms with van der Waals surface area (Å²) in [6.07, 6.45) is 4.87. The number of nitrogens with zero attached hydrogens (tertiary/aromatic N) is 5. The molecule has 0 N–H and O–H groups in total. The van der Waals surface area contributed by atoms with Gasteiger partial charge in [-0.05, 0) is 26.7 Å². The summed E-state index contributed by atoms with van der Waals surface area (Å²) in [4.78, 5) is 25.1. The van der Waals surface area contributed by atoms with Crippen LogP contribution in [0.4, 0.5) is 5.82 Å². The van der Waals surface area contributed by atoms with Crippen LogP contribution in [-0.4, -0.2) is 59.2 Å². The van der Waals surface area contributed by atoms with E-state index in [1.165, 1.54) is 0 Å². The van der Waals surface area contributed by atoms with Gasteiger partial charge in [-0.1, -0.05) is 5.16 Å². The molecule has 1 fully saturated rings. The molecule has 1 amide bonds. The first-order chi connectivity index (χ1) is 12.0. The second-order valence-electron chi connectivity index (χ2n) is 6.41. The average molecular weight is 345 g/mol. The van der Waals surface area contributed by atoms with Crippen LogP contribution in [0.2, 0.25) is 0 Å². The van der Waals surface area contributed by atoms with Crippen molar-refractivity contribution >= 4 is 11.7 Å². The van der Waals surface area contributed by atoms with Crippen LogP contribution < -0.4 is 9.64 Å². The number of amides is 1. The maximum atomic E-state index is 12.8. The lowest BCUT2D eigenvalue weighted by molar-refractivity contribution is 0.0526. The molecule has 2 aromatic heterocycles. The average Bonchev–Trinajstić information content (AvgIpc) is 2.93. The fraction of sp³-hybridized carbons (Fsp3) is 0.529. The van der Waals surface area contributed by atoms with Crippen molar-refractivity contribution in [3.8, 4) is 5.88 Å². The molecule has 8 nitrogen and oxygen atoms in total. The molecule has 3 heterocycles. The molecule has 0 spiro atoms. The molecule has 0 bridgehead atoms. The van der Waals surface area contributed by atoms with E-state index >= 15 is 0 Å². The number of carbonyl (C=O) groups is 1. The van der Waals surface area contributed by atoms with Gasteiger partial charge in [0.25, 0.3) is 11.8 Å². The molecule has 0 aliphatic carbocycles. The molecule has 1 saturated heterocycles. The van der Waals surface area contributed by atoms with Crippen molar-refractivity contribution in [2.45, 2.75) is 32.8 Å². The highest BCUT2D eigenvalue weighted by Crippen LogP contribution is 2.25. The van der Waals surface area contributed by atoms with Gasteiger partial charge in [0.2, 0.25) is 0 Å². The highest BCUT2D eigenvalue weighted by Gasteiger charge is 2.29. The normalized spacial score (nSPS) is 17.4. The van der Waals surface area contributed by atoms with Crippen LogP contribution in [0, 0.1) is 13.8 Å². The molecule has 3 rings (SSSR count). The summed E-state index contributed by atoms with van der Waals surface area (Å²) in [5, 5.41) is 3.87. The van der Waals surface area contributed by atoms with Crippen molar-refractivity contribution in [3.05, 3.63) is 29.4 Å². The van der Waals surface area contributed by atoms with E-state index in [0.717, 1.165) is 12.8 Å². The Hall–Kier alpha value is -2.64. The number of aromatic nitrogens is 3. The van der Waals surface area contributed by atoms with Gasteiger partial charge in [0.05, 0.1) is 12.2 Å². The van der Waals surface area contributed by atoms with E-state index in [9.17, 15) is 4.79 Å². The van der Waals surface area contributed by atoms with Crippen LogP contribution in [0.5, 0.6) is 5.88 Å². The SMILES string of the molecule is Cc1noc(C)c1C(=O)N1CCC[C@H](Oc2nccnc2N(C)C)C1. The fourth-order valence-corrected chi connectivity index (χ4v) is 3.03. The van der Waals surface area contributed by atoms with E-state index in [1.54, 1.807) is 31.1 Å². The Morgan fingerprint density at radius 1 is 1.32 bits per heavy atom. The molecule has 0 aromatic carbocycles. The quantitative estimate of drug-likeness (QED) is 0.836. The molecular weight excluding hydrogens is 322 g/mol. The zero-order valence-corrected chi connectivity index (χ0v) is 15.0. The lowest BCUT2D eigenvalue weighted by Gasteiger charge is -2.33. The number of hydrogen-bond donors (Lipinski definition) is 0. The van der Waals surface area contributed by atoms with Crippen molar-refractivity contribution in [3.63, 3.8) is 0 Å². The van der Waals surface area contributed by atoms with Crippen molar-refractivity contribution in [1.29, 1.82) is 0 Å². The van der Waals surface area contributed by atoms with Crippen LogP contribution in [-0.2, 0) is 0 Å². The van der Waals surface area contributed by atoms with Crippen molar-refractivity contribution in [1.82, 2.24) is 20.0 Å². The van der Waals surface area contributed by atoms with E-state index in [0.29, 0.717) is 41.8 Å². The first kappa shape index (κ1) is 17.2. The Bertz CT molecular complexity index is 739. The number of anilines is 1. The number of carbonyl (C=O) groups excluding carboxylic acids is 1. The van der Waals surface area contributed by atoms with Crippen LogP contribution in [0.25, 0.3) is 0 Å². The first-order valence-electron chi connectivity index (χ1n) is 8.34. The molecular formula is C17H23N5O3. The Morgan fingerprint density at radius 3 is 2.76 bits per heavy atom. The van der Waals surface area contributed by atoms with E-state index in [2.05, 4.69) is 15.1 Å². The van der Waals surface area contributed by atoms with E-state index < -0.39 is 0 Å². The van der Waals surface area contributed by atoms with Gasteiger partial charge in [-0.25, -0.2) is 9.97 Å². The Labute approximate surface area is 146 Å². The molecule has 0 radical (unpaired) electrons. The molecule has 25 heavy (non-hydrogen) atoms. The summed E-state index contributed by atoms with van der Waals surface area (Å²) in [5.74, 6) is 1.66. The fourth-order valence-electron chi connectivity index (χ4n) is 3.03. The maximum absolute atomic E-state index is 12.8. The monoisotopic (exact) mass is 345 g/mol. The number of ether oxygens (including phenoxy) is 1. The molecule has 0 saturated carbocycles. The van der Waals surface area contributed by atoms with Crippen molar-refractivity contribution in [2.75, 3.05) is 32.1 Å². The molecule has 0 unspecified atom stereocenters. The second-order valence-corrected chi connectivity index (χ2v) is 6.41. The summed E-state index contributed by atoms with van der Waals surface area (Å²) in [7, 11) is 3.79. The zero-order chi connectivity index (χ0) is 18.0. The van der Waals surface area contributed by atoms with Crippen LogP contribution in [0.1, 0.15) is 34.7 Å². The molecule has 2 aromatic rings. The largest absolute Gasteiger partial charge is 0.470 e. The van der Waals surface area contributed by atoms with Gasteiger partial charge in [-0.15, -0.1) is 0 Å².